The number of fused-ring (bicyclic) bond motifs is 1. The van der Waals surface area contributed by atoms with Crippen LogP contribution in [0.3, 0.4) is 0 Å². The molecular weight excluding hydrogens is 238 g/mol. The molecule has 3 N–H and O–H groups in total. The zero-order valence-corrected chi connectivity index (χ0v) is 11.1. The Morgan fingerprint density at radius 1 is 1.47 bits per heavy atom. The molecule has 0 saturated carbocycles. The molecule has 1 heterocycles. The van der Waals surface area contributed by atoms with Crippen LogP contribution in [0.4, 0.5) is 0 Å². The highest BCUT2D eigenvalue weighted by Gasteiger charge is 2.22. The molecule has 2 unspecified atom stereocenters. The monoisotopic (exact) mass is 257 g/mol. The summed E-state index contributed by atoms with van der Waals surface area (Å²) in [5, 5.41) is 13.3. The summed E-state index contributed by atoms with van der Waals surface area (Å²) in [5.74, 6) is 1.30. The van der Waals surface area contributed by atoms with Crippen molar-refractivity contribution in [3.05, 3.63) is 47.5 Å². The fourth-order valence-electron chi connectivity index (χ4n) is 2.85. The molecule has 2 atom stereocenters. The molecule has 1 aliphatic carbocycles. The molecular formula is C15H19N3O. The summed E-state index contributed by atoms with van der Waals surface area (Å²) < 4.78 is 0. The molecule has 100 valence electrons. The average Bonchev–Trinajstić information content (AvgIpc) is 2.93. The lowest BCUT2D eigenvalue weighted by atomic mass is 9.87. The van der Waals surface area contributed by atoms with Crippen LogP contribution in [0.1, 0.15) is 48.8 Å². The summed E-state index contributed by atoms with van der Waals surface area (Å²) in [6.07, 6.45) is 6.99. The molecule has 1 aromatic carbocycles. The van der Waals surface area contributed by atoms with Gasteiger partial charge >= 0.3 is 0 Å². The third-order valence-corrected chi connectivity index (χ3v) is 3.82. The number of hydrogen-bond acceptors (Lipinski definition) is 3. The number of nitrogens with zero attached hydrogens (tertiary/aromatic N) is 1. The minimum Gasteiger partial charge on any atom is -0.508 e. The van der Waals surface area contributed by atoms with Crippen LogP contribution in [0, 0.1) is 0 Å². The molecule has 0 fully saturated rings. The molecule has 0 bridgehead atoms. The second-order valence-electron chi connectivity index (χ2n) is 5.19. The van der Waals surface area contributed by atoms with E-state index in [1.165, 1.54) is 17.5 Å². The second kappa shape index (κ2) is 5.05. The summed E-state index contributed by atoms with van der Waals surface area (Å²) in [7, 11) is 0. The second-order valence-corrected chi connectivity index (χ2v) is 5.19. The number of imidazole rings is 1. The van der Waals surface area contributed by atoms with Gasteiger partial charge in [-0.3, -0.25) is 0 Å². The Morgan fingerprint density at radius 2 is 2.37 bits per heavy atom. The van der Waals surface area contributed by atoms with Crippen molar-refractivity contribution in [1.82, 2.24) is 15.3 Å². The van der Waals surface area contributed by atoms with Crippen molar-refractivity contribution in [1.29, 1.82) is 0 Å². The van der Waals surface area contributed by atoms with E-state index in [0.29, 0.717) is 5.75 Å². The van der Waals surface area contributed by atoms with E-state index in [9.17, 15) is 5.11 Å². The van der Waals surface area contributed by atoms with Gasteiger partial charge in [-0.05, 0) is 49.4 Å². The Bertz CT molecular complexity index is 551. The summed E-state index contributed by atoms with van der Waals surface area (Å²) >= 11 is 0. The van der Waals surface area contributed by atoms with Crippen LogP contribution >= 0.6 is 0 Å². The van der Waals surface area contributed by atoms with Gasteiger partial charge in [0.15, 0.2) is 0 Å². The minimum atomic E-state index is 0.174. The lowest BCUT2D eigenvalue weighted by Gasteiger charge is -2.28. The van der Waals surface area contributed by atoms with Gasteiger partial charge in [0.25, 0.3) is 0 Å². The Kier molecular flexibility index (Phi) is 3.25. The third-order valence-electron chi connectivity index (χ3n) is 3.82. The molecule has 0 radical (unpaired) electrons. The van der Waals surface area contributed by atoms with Gasteiger partial charge in [0.1, 0.15) is 11.6 Å². The van der Waals surface area contributed by atoms with Gasteiger partial charge in [0.2, 0.25) is 0 Å². The number of hydrogen-bond donors (Lipinski definition) is 3. The van der Waals surface area contributed by atoms with Crippen molar-refractivity contribution in [3.8, 4) is 5.75 Å². The number of rotatable bonds is 3. The normalized spacial score (nSPS) is 19.9. The van der Waals surface area contributed by atoms with Gasteiger partial charge in [-0.15, -0.1) is 0 Å². The van der Waals surface area contributed by atoms with E-state index >= 15 is 0 Å². The van der Waals surface area contributed by atoms with Crippen LogP contribution in [0.25, 0.3) is 0 Å². The maximum Gasteiger partial charge on any atom is 0.122 e. The number of aryl methyl sites for hydroxylation is 1. The van der Waals surface area contributed by atoms with E-state index < -0.39 is 0 Å². The van der Waals surface area contributed by atoms with E-state index in [1.54, 1.807) is 12.3 Å². The highest BCUT2D eigenvalue weighted by molar-refractivity contribution is 5.38. The minimum absolute atomic E-state index is 0.174. The predicted molar refractivity (Wildman–Crippen MR) is 73.9 cm³/mol. The molecule has 0 aliphatic heterocycles. The Balaban J connectivity index is 1.81. The van der Waals surface area contributed by atoms with E-state index in [-0.39, 0.29) is 12.1 Å². The van der Waals surface area contributed by atoms with Crippen molar-refractivity contribution >= 4 is 0 Å². The molecule has 1 aliphatic rings. The lowest BCUT2D eigenvalue weighted by molar-refractivity contribution is 0.403. The zero-order chi connectivity index (χ0) is 13.2. The first kappa shape index (κ1) is 12.2. The summed E-state index contributed by atoms with van der Waals surface area (Å²) in [6, 6.07) is 6.16. The smallest absolute Gasteiger partial charge is 0.122 e. The van der Waals surface area contributed by atoms with Gasteiger partial charge < -0.3 is 15.4 Å². The Morgan fingerprint density at radius 3 is 3.16 bits per heavy atom. The van der Waals surface area contributed by atoms with E-state index in [1.807, 2.05) is 18.3 Å². The molecule has 0 saturated heterocycles. The molecule has 1 aromatic heterocycles. The average molecular weight is 257 g/mol. The van der Waals surface area contributed by atoms with Gasteiger partial charge in [0.05, 0.1) is 6.04 Å². The number of phenols is 1. The van der Waals surface area contributed by atoms with E-state index in [0.717, 1.165) is 18.7 Å². The van der Waals surface area contributed by atoms with Crippen LogP contribution in [-0.2, 0) is 6.42 Å². The van der Waals surface area contributed by atoms with Crippen LogP contribution in [0.2, 0.25) is 0 Å². The number of benzene rings is 1. The SMILES string of the molecule is CC(NC1CCCc2ccc(O)cc21)c1ncc[nH]1. The van der Waals surface area contributed by atoms with Crippen molar-refractivity contribution in [2.75, 3.05) is 0 Å². The summed E-state index contributed by atoms with van der Waals surface area (Å²) in [5.41, 5.74) is 2.57. The fourth-order valence-corrected chi connectivity index (χ4v) is 2.85. The van der Waals surface area contributed by atoms with Crippen LogP contribution in [-0.4, -0.2) is 15.1 Å². The lowest BCUT2D eigenvalue weighted by Crippen LogP contribution is -2.28. The number of phenolic OH excluding ortho intramolecular Hbond substituents is 1. The quantitative estimate of drug-likeness (QED) is 0.792. The van der Waals surface area contributed by atoms with Gasteiger partial charge in [0, 0.05) is 18.4 Å². The van der Waals surface area contributed by atoms with Crippen molar-refractivity contribution in [2.45, 2.75) is 38.3 Å². The van der Waals surface area contributed by atoms with Crippen LogP contribution in [0.5, 0.6) is 5.75 Å². The summed E-state index contributed by atoms with van der Waals surface area (Å²) in [4.78, 5) is 7.43. The Labute approximate surface area is 112 Å². The first-order valence-electron chi connectivity index (χ1n) is 6.81. The number of H-pyrrole nitrogens is 1. The van der Waals surface area contributed by atoms with Crippen LogP contribution < -0.4 is 5.32 Å². The standard InChI is InChI=1S/C15H19N3O/c1-10(15-16-7-8-17-15)18-14-4-2-3-11-5-6-12(19)9-13(11)14/h5-10,14,18-19H,2-4H2,1H3,(H,16,17). The van der Waals surface area contributed by atoms with Gasteiger partial charge in [-0.2, -0.15) is 0 Å². The largest absolute Gasteiger partial charge is 0.508 e. The molecule has 4 heteroatoms. The number of aromatic nitrogens is 2. The highest BCUT2D eigenvalue weighted by atomic mass is 16.3. The first-order valence-corrected chi connectivity index (χ1v) is 6.81. The fraction of sp³-hybridized carbons (Fsp3) is 0.400. The molecule has 4 nitrogen and oxygen atoms in total. The van der Waals surface area contributed by atoms with Crippen molar-refractivity contribution in [2.24, 2.45) is 0 Å². The molecule has 0 amide bonds. The molecule has 3 rings (SSSR count). The maximum atomic E-state index is 9.68. The molecule has 2 aromatic rings. The zero-order valence-electron chi connectivity index (χ0n) is 11.1. The van der Waals surface area contributed by atoms with E-state index in [4.69, 9.17) is 0 Å². The highest BCUT2D eigenvalue weighted by Crippen LogP contribution is 2.33. The van der Waals surface area contributed by atoms with Crippen LogP contribution in [0.15, 0.2) is 30.6 Å². The van der Waals surface area contributed by atoms with Gasteiger partial charge in [-0.1, -0.05) is 6.07 Å². The van der Waals surface area contributed by atoms with Crippen molar-refractivity contribution < 1.29 is 5.11 Å². The molecule has 19 heavy (non-hydrogen) atoms. The maximum absolute atomic E-state index is 9.68. The summed E-state index contributed by atoms with van der Waals surface area (Å²) in [6.45, 7) is 2.11. The predicted octanol–water partition coefficient (Wildman–Crippen LogP) is 2.84. The Hall–Kier alpha value is -1.81. The third kappa shape index (κ3) is 2.49. The number of aromatic hydroxyl groups is 1. The topological polar surface area (TPSA) is 60.9 Å². The first-order chi connectivity index (χ1) is 9.24. The number of nitrogens with one attached hydrogen (secondary N) is 2. The van der Waals surface area contributed by atoms with Crippen molar-refractivity contribution in [3.63, 3.8) is 0 Å². The van der Waals surface area contributed by atoms with Gasteiger partial charge in [-0.25, -0.2) is 4.98 Å². The molecule has 0 spiro atoms. The number of aromatic amines is 1. The van der Waals surface area contributed by atoms with E-state index in [2.05, 4.69) is 22.2 Å².